The molecule has 10 heteroatoms. The molecule has 0 radical (unpaired) electrons. The molecule has 0 aromatic carbocycles. The van der Waals surface area contributed by atoms with Gasteiger partial charge in [-0.1, -0.05) is 0 Å². The van der Waals surface area contributed by atoms with E-state index in [1.54, 1.807) is 11.0 Å². The highest BCUT2D eigenvalue weighted by Crippen LogP contribution is 2.35. The van der Waals surface area contributed by atoms with Gasteiger partial charge in [0, 0.05) is 19.3 Å². The van der Waals surface area contributed by atoms with E-state index in [0.717, 1.165) is 0 Å². The van der Waals surface area contributed by atoms with Gasteiger partial charge >= 0.3 is 6.18 Å². The fourth-order valence-corrected chi connectivity index (χ4v) is 2.74. The number of aromatic hydroxyl groups is 1. The van der Waals surface area contributed by atoms with Crippen LogP contribution in [0.25, 0.3) is 0 Å². The van der Waals surface area contributed by atoms with Crippen LogP contribution in [0.5, 0.6) is 5.75 Å². The van der Waals surface area contributed by atoms with E-state index >= 15 is 0 Å². The molecule has 0 unspecified atom stereocenters. The summed E-state index contributed by atoms with van der Waals surface area (Å²) in [5.74, 6) is -1.59. The number of rotatable bonds is 3. The van der Waals surface area contributed by atoms with Crippen LogP contribution < -0.4 is 10.2 Å². The highest BCUT2D eigenvalue weighted by molar-refractivity contribution is 6.04. The van der Waals surface area contributed by atoms with Gasteiger partial charge in [-0.05, 0) is 37.1 Å². The molecule has 26 heavy (non-hydrogen) atoms. The van der Waals surface area contributed by atoms with Gasteiger partial charge in [0.25, 0.3) is 5.91 Å². The lowest BCUT2D eigenvalue weighted by molar-refractivity contribution is -0.179. The number of nitrogens with one attached hydrogen (secondary N) is 1. The predicted octanol–water partition coefficient (Wildman–Crippen LogP) is 2.61. The number of amides is 1. The van der Waals surface area contributed by atoms with Crippen molar-refractivity contribution in [2.24, 2.45) is 5.92 Å². The summed E-state index contributed by atoms with van der Waals surface area (Å²) in [5, 5.41) is 19.9. The molecule has 1 aliphatic rings. The zero-order chi connectivity index (χ0) is 18.7. The Bertz CT molecular complexity index is 774. The van der Waals surface area contributed by atoms with E-state index in [4.69, 9.17) is 0 Å². The van der Waals surface area contributed by atoms with Crippen LogP contribution in [0, 0.1) is 5.92 Å². The first-order chi connectivity index (χ1) is 12.3. The third kappa shape index (κ3) is 4.01. The number of piperidine rings is 1. The number of nitrogens with zero attached hydrogens (tertiary/aromatic N) is 4. The van der Waals surface area contributed by atoms with Crippen molar-refractivity contribution in [2.45, 2.75) is 19.0 Å². The van der Waals surface area contributed by atoms with Gasteiger partial charge in [0.05, 0.1) is 5.92 Å². The van der Waals surface area contributed by atoms with Crippen molar-refractivity contribution >= 4 is 17.5 Å². The minimum absolute atomic E-state index is 0.0165. The first-order valence-corrected chi connectivity index (χ1v) is 7.95. The second-order valence-electron chi connectivity index (χ2n) is 5.90. The van der Waals surface area contributed by atoms with E-state index < -0.39 is 18.0 Å². The van der Waals surface area contributed by atoms with Gasteiger partial charge in [-0.2, -0.15) is 13.2 Å². The van der Waals surface area contributed by atoms with Crippen LogP contribution in [0.2, 0.25) is 0 Å². The Morgan fingerprint density at radius 3 is 2.50 bits per heavy atom. The molecular formula is C16H16F3N5O2. The van der Waals surface area contributed by atoms with Gasteiger partial charge < -0.3 is 15.3 Å². The molecule has 7 nitrogen and oxygen atoms in total. The second kappa shape index (κ2) is 7.14. The van der Waals surface area contributed by atoms with Gasteiger partial charge in [-0.15, -0.1) is 10.2 Å². The number of carbonyl (C=O) groups excluding carboxylic acids is 1. The molecule has 3 heterocycles. The zero-order valence-electron chi connectivity index (χ0n) is 13.6. The van der Waals surface area contributed by atoms with E-state index in [-0.39, 0.29) is 43.2 Å². The maximum atomic E-state index is 12.7. The average molecular weight is 367 g/mol. The summed E-state index contributed by atoms with van der Waals surface area (Å²) >= 11 is 0. The molecule has 1 amide bonds. The largest absolute Gasteiger partial charge is 0.505 e. The molecule has 2 aromatic heterocycles. The van der Waals surface area contributed by atoms with Gasteiger partial charge in [-0.25, -0.2) is 4.98 Å². The highest BCUT2D eigenvalue weighted by atomic mass is 19.4. The number of halogens is 3. The first kappa shape index (κ1) is 17.9. The smallest absolute Gasteiger partial charge is 0.391 e. The summed E-state index contributed by atoms with van der Waals surface area (Å²) in [4.78, 5) is 17.5. The summed E-state index contributed by atoms with van der Waals surface area (Å²) in [7, 11) is 0. The SMILES string of the molecule is O=C(Nc1ccc(N2CCC(C(F)(F)F)CC2)nn1)c1ncccc1O. The summed E-state index contributed by atoms with van der Waals surface area (Å²) in [6, 6.07) is 5.90. The molecule has 0 atom stereocenters. The van der Waals surface area contributed by atoms with E-state index in [0.29, 0.717) is 5.82 Å². The van der Waals surface area contributed by atoms with Crippen molar-refractivity contribution in [3.05, 3.63) is 36.2 Å². The van der Waals surface area contributed by atoms with Crippen LogP contribution in [0.3, 0.4) is 0 Å². The lowest BCUT2D eigenvalue weighted by atomic mass is 9.96. The van der Waals surface area contributed by atoms with Gasteiger partial charge in [-0.3, -0.25) is 4.79 Å². The Morgan fingerprint density at radius 2 is 1.92 bits per heavy atom. The maximum absolute atomic E-state index is 12.7. The third-order valence-electron chi connectivity index (χ3n) is 4.18. The minimum atomic E-state index is -4.16. The van der Waals surface area contributed by atoms with Crippen LogP contribution in [0.1, 0.15) is 23.3 Å². The summed E-state index contributed by atoms with van der Waals surface area (Å²) in [6.07, 6.45) is -2.76. The maximum Gasteiger partial charge on any atom is 0.391 e. The molecule has 2 N–H and O–H groups in total. The van der Waals surface area contributed by atoms with Crippen molar-refractivity contribution in [3.63, 3.8) is 0 Å². The zero-order valence-corrected chi connectivity index (χ0v) is 13.6. The molecule has 0 bridgehead atoms. The van der Waals surface area contributed by atoms with Crippen molar-refractivity contribution in [1.82, 2.24) is 15.2 Å². The Morgan fingerprint density at radius 1 is 1.19 bits per heavy atom. The summed E-state index contributed by atoms with van der Waals surface area (Å²) in [5.41, 5.74) is -0.146. The van der Waals surface area contributed by atoms with E-state index in [2.05, 4.69) is 20.5 Å². The predicted molar refractivity (Wildman–Crippen MR) is 86.9 cm³/mol. The first-order valence-electron chi connectivity index (χ1n) is 7.95. The fourth-order valence-electron chi connectivity index (χ4n) is 2.74. The van der Waals surface area contributed by atoms with Crippen molar-refractivity contribution in [1.29, 1.82) is 0 Å². The lowest BCUT2D eigenvalue weighted by Gasteiger charge is -2.33. The summed E-state index contributed by atoms with van der Waals surface area (Å²) < 4.78 is 38.1. The molecular weight excluding hydrogens is 351 g/mol. The molecule has 1 fully saturated rings. The van der Waals surface area contributed by atoms with Gasteiger partial charge in [0.15, 0.2) is 17.3 Å². The lowest BCUT2D eigenvalue weighted by Crippen LogP contribution is -2.39. The van der Waals surface area contributed by atoms with Crippen LogP contribution in [-0.4, -0.2) is 45.5 Å². The average Bonchev–Trinajstić information content (AvgIpc) is 2.62. The number of aromatic nitrogens is 3. The quantitative estimate of drug-likeness (QED) is 0.867. The molecule has 2 aromatic rings. The molecule has 1 saturated heterocycles. The number of hydrogen-bond donors (Lipinski definition) is 2. The fraction of sp³-hybridized carbons (Fsp3) is 0.375. The number of anilines is 2. The van der Waals surface area contributed by atoms with E-state index in [1.807, 2.05) is 0 Å². The second-order valence-corrected chi connectivity index (χ2v) is 5.90. The number of pyridine rings is 1. The Hall–Kier alpha value is -2.91. The van der Waals surface area contributed by atoms with Gasteiger partial charge in [0.2, 0.25) is 0 Å². The van der Waals surface area contributed by atoms with Crippen LogP contribution >= 0.6 is 0 Å². The standard InChI is InChI=1S/C16H16F3N5O2/c17-16(18,19)10-5-8-24(9-6-10)13-4-3-12(22-23-13)21-15(26)14-11(25)2-1-7-20-14/h1-4,7,10,25H,5-6,8-9H2,(H,21,22,26). The molecule has 0 aliphatic carbocycles. The van der Waals surface area contributed by atoms with Crippen LogP contribution in [-0.2, 0) is 0 Å². The van der Waals surface area contributed by atoms with E-state index in [1.165, 1.54) is 24.4 Å². The number of hydrogen-bond acceptors (Lipinski definition) is 6. The Kier molecular flexibility index (Phi) is 4.92. The molecule has 0 saturated carbocycles. The highest BCUT2D eigenvalue weighted by Gasteiger charge is 2.41. The van der Waals surface area contributed by atoms with Crippen molar-refractivity contribution in [3.8, 4) is 5.75 Å². The molecule has 3 rings (SSSR count). The molecule has 0 spiro atoms. The Balaban J connectivity index is 1.61. The summed E-state index contributed by atoms with van der Waals surface area (Å²) in [6.45, 7) is 0.485. The Labute approximate surface area is 146 Å². The number of alkyl halides is 3. The molecule has 1 aliphatic heterocycles. The minimum Gasteiger partial charge on any atom is -0.505 e. The van der Waals surface area contributed by atoms with Crippen molar-refractivity contribution in [2.75, 3.05) is 23.3 Å². The normalized spacial score (nSPS) is 15.7. The van der Waals surface area contributed by atoms with Gasteiger partial charge in [0.1, 0.15) is 5.75 Å². The molecule has 138 valence electrons. The third-order valence-corrected chi connectivity index (χ3v) is 4.18. The van der Waals surface area contributed by atoms with E-state index in [9.17, 15) is 23.1 Å². The number of carbonyl (C=O) groups is 1. The van der Waals surface area contributed by atoms with Crippen LogP contribution in [0.4, 0.5) is 24.8 Å². The topological polar surface area (TPSA) is 91.2 Å². The van der Waals surface area contributed by atoms with Crippen LogP contribution in [0.15, 0.2) is 30.5 Å². The monoisotopic (exact) mass is 367 g/mol. The van der Waals surface area contributed by atoms with Crippen molar-refractivity contribution < 1.29 is 23.1 Å².